The van der Waals surface area contributed by atoms with Gasteiger partial charge >= 0.3 is 0 Å². The number of β-amino-alcohol motifs (C(OH)–C–C–N with tert-alkyl or cyclic N) is 1. The van der Waals surface area contributed by atoms with Crippen molar-refractivity contribution in [2.45, 2.75) is 32.3 Å². The van der Waals surface area contributed by atoms with Gasteiger partial charge in [-0.15, -0.1) is 0 Å². The third-order valence-electron chi connectivity index (χ3n) is 4.52. The zero-order chi connectivity index (χ0) is 19.2. The zero-order valence-corrected chi connectivity index (χ0v) is 16.0. The van der Waals surface area contributed by atoms with Crippen molar-refractivity contribution in [2.24, 2.45) is 5.92 Å². The Bertz CT molecular complexity index is 668. The van der Waals surface area contributed by atoms with E-state index in [2.05, 4.69) is 16.7 Å². The molecule has 1 saturated heterocycles. The number of amides is 1. The van der Waals surface area contributed by atoms with Gasteiger partial charge in [-0.1, -0.05) is 17.9 Å². The van der Waals surface area contributed by atoms with Gasteiger partial charge in [0.15, 0.2) is 0 Å². The van der Waals surface area contributed by atoms with Crippen molar-refractivity contribution >= 4 is 5.91 Å². The minimum Gasteiger partial charge on any atom is -0.395 e. The summed E-state index contributed by atoms with van der Waals surface area (Å²) in [6.45, 7) is 6.81. The molecule has 0 bridgehead atoms. The van der Waals surface area contributed by atoms with Gasteiger partial charge in [0.2, 0.25) is 0 Å². The summed E-state index contributed by atoms with van der Waals surface area (Å²) in [7, 11) is 1.84. The molecule has 1 aromatic rings. The largest absolute Gasteiger partial charge is 0.395 e. The molecule has 1 unspecified atom stereocenters. The Morgan fingerprint density at radius 2 is 2.19 bits per heavy atom. The maximum Gasteiger partial charge on any atom is 0.253 e. The van der Waals surface area contributed by atoms with Crippen molar-refractivity contribution in [3.05, 3.63) is 35.4 Å². The van der Waals surface area contributed by atoms with Crippen LogP contribution in [0.5, 0.6) is 0 Å². The minimum atomic E-state index is -1.06. The fraction of sp³-hybridized carbons (Fsp3) is 0.571. The maximum absolute atomic E-state index is 12.8. The van der Waals surface area contributed by atoms with Crippen LogP contribution in [0.2, 0.25) is 0 Å². The summed E-state index contributed by atoms with van der Waals surface area (Å²) < 4.78 is 0. The van der Waals surface area contributed by atoms with Gasteiger partial charge in [0.05, 0.1) is 6.61 Å². The zero-order valence-electron chi connectivity index (χ0n) is 16.0. The third kappa shape index (κ3) is 6.45. The van der Waals surface area contributed by atoms with E-state index in [4.69, 9.17) is 5.11 Å². The molecular formula is C21H30N2O3. The number of nitrogens with zero attached hydrogens (tertiary/aromatic N) is 2. The van der Waals surface area contributed by atoms with Crippen molar-refractivity contribution in [3.8, 4) is 11.8 Å². The summed E-state index contributed by atoms with van der Waals surface area (Å²) >= 11 is 0. The highest BCUT2D eigenvalue weighted by atomic mass is 16.3. The molecule has 0 aromatic heterocycles. The monoisotopic (exact) mass is 358 g/mol. The lowest BCUT2D eigenvalue weighted by atomic mass is 9.97. The summed E-state index contributed by atoms with van der Waals surface area (Å²) in [5, 5.41) is 18.8. The molecule has 5 nitrogen and oxygen atoms in total. The first kappa shape index (κ1) is 20.4. The van der Waals surface area contributed by atoms with Crippen LogP contribution in [0.4, 0.5) is 0 Å². The second-order valence-corrected chi connectivity index (χ2v) is 7.61. The molecule has 1 aliphatic rings. The maximum atomic E-state index is 12.8. The molecule has 1 heterocycles. The number of benzene rings is 1. The molecule has 1 aromatic carbocycles. The van der Waals surface area contributed by atoms with Crippen LogP contribution in [0.15, 0.2) is 24.3 Å². The SMILES string of the molecule is CN(CC1CCCN(CCO)C1)C(=O)c1cccc(C#CC(C)(C)O)c1. The van der Waals surface area contributed by atoms with E-state index in [0.29, 0.717) is 24.6 Å². The molecule has 0 radical (unpaired) electrons. The van der Waals surface area contributed by atoms with E-state index in [9.17, 15) is 9.90 Å². The Hall–Kier alpha value is -1.87. The lowest BCUT2D eigenvalue weighted by Gasteiger charge is -2.34. The van der Waals surface area contributed by atoms with Crippen LogP contribution >= 0.6 is 0 Å². The average molecular weight is 358 g/mol. The first-order chi connectivity index (χ1) is 12.3. The number of aliphatic hydroxyl groups excluding tert-OH is 1. The second kappa shape index (κ2) is 9.18. The fourth-order valence-electron chi connectivity index (χ4n) is 3.29. The minimum absolute atomic E-state index is 0.0174. The number of piperidine rings is 1. The molecule has 142 valence electrons. The first-order valence-corrected chi connectivity index (χ1v) is 9.23. The molecule has 1 amide bonds. The van der Waals surface area contributed by atoms with Crippen molar-refractivity contribution in [1.82, 2.24) is 9.80 Å². The van der Waals surface area contributed by atoms with E-state index in [1.807, 2.05) is 19.2 Å². The number of hydrogen-bond acceptors (Lipinski definition) is 4. The first-order valence-electron chi connectivity index (χ1n) is 9.23. The van der Waals surface area contributed by atoms with Gasteiger partial charge in [0.1, 0.15) is 5.60 Å². The van der Waals surface area contributed by atoms with Crippen LogP contribution in [0.25, 0.3) is 0 Å². The Kier molecular flexibility index (Phi) is 7.22. The number of carbonyl (C=O) groups excluding carboxylic acids is 1. The Balaban J connectivity index is 2.00. The van der Waals surface area contributed by atoms with Crippen LogP contribution in [0, 0.1) is 17.8 Å². The summed E-state index contributed by atoms with van der Waals surface area (Å²) in [5.41, 5.74) is 0.273. The summed E-state index contributed by atoms with van der Waals surface area (Å²) in [5.74, 6) is 6.11. The van der Waals surface area contributed by atoms with Crippen LogP contribution < -0.4 is 0 Å². The van der Waals surface area contributed by atoms with Crippen LogP contribution in [-0.2, 0) is 0 Å². The van der Waals surface area contributed by atoms with Gasteiger partial charge in [-0.25, -0.2) is 0 Å². The molecule has 26 heavy (non-hydrogen) atoms. The molecule has 1 atom stereocenters. The fourth-order valence-corrected chi connectivity index (χ4v) is 3.29. The predicted octanol–water partition coefficient (Wildman–Crippen LogP) is 1.59. The Morgan fingerprint density at radius 3 is 2.88 bits per heavy atom. The molecule has 2 N–H and O–H groups in total. The highest BCUT2D eigenvalue weighted by Crippen LogP contribution is 2.18. The van der Waals surface area contributed by atoms with Crippen LogP contribution in [0.3, 0.4) is 0 Å². The molecule has 2 rings (SSSR count). The van der Waals surface area contributed by atoms with Gasteiger partial charge in [-0.05, 0) is 57.4 Å². The lowest BCUT2D eigenvalue weighted by molar-refractivity contribution is 0.0716. The van der Waals surface area contributed by atoms with Gasteiger partial charge in [-0.3, -0.25) is 4.79 Å². The van der Waals surface area contributed by atoms with Gasteiger partial charge in [0.25, 0.3) is 5.91 Å². The average Bonchev–Trinajstić information content (AvgIpc) is 2.59. The molecule has 1 aliphatic heterocycles. The van der Waals surface area contributed by atoms with Crippen LogP contribution in [-0.4, -0.2) is 71.4 Å². The standard InChI is InChI=1S/C21H30N2O3/c1-21(2,26)10-9-17-6-4-8-19(14-17)20(25)22(3)15-18-7-5-11-23(16-18)12-13-24/h4,6,8,14,18,24,26H,5,7,11-13,15-16H2,1-3H3. The van der Waals surface area contributed by atoms with E-state index in [1.165, 1.54) is 0 Å². The molecule has 0 aliphatic carbocycles. The van der Waals surface area contributed by atoms with Gasteiger partial charge < -0.3 is 20.0 Å². The smallest absolute Gasteiger partial charge is 0.253 e. The lowest BCUT2D eigenvalue weighted by Crippen LogP contribution is -2.42. The van der Waals surface area contributed by atoms with E-state index in [0.717, 1.165) is 31.5 Å². The topological polar surface area (TPSA) is 64.0 Å². The third-order valence-corrected chi connectivity index (χ3v) is 4.52. The number of rotatable bonds is 5. The highest BCUT2D eigenvalue weighted by Gasteiger charge is 2.23. The normalized spacial score (nSPS) is 18.1. The van der Waals surface area contributed by atoms with Crippen molar-refractivity contribution in [1.29, 1.82) is 0 Å². The van der Waals surface area contributed by atoms with E-state index in [1.54, 1.807) is 30.9 Å². The molecule has 0 spiro atoms. The quantitative estimate of drug-likeness (QED) is 0.785. The van der Waals surface area contributed by atoms with Crippen molar-refractivity contribution in [2.75, 3.05) is 39.8 Å². The number of carbonyl (C=O) groups is 1. The Labute approximate surface area is 156 Å². The summed E-state index contributed by atoms with van der Waals surface area (Å²) in [6.07, 6.45) is 2.21. The van der Waals surface area contributed by atoms with E-state index >= 15 is 0 Å². The number of aliphatic hydroxyl groups is 2. The molecule has 0 saturated carbocycles. The highest BCUT2D eigenvalue weighted by molar-refractivity contribution is 5.94. The van der Waals surface area contributed by atoms with Crippen molar-refractivity contribution < 1.29 is 15.0 Å². The predicted molar refractivity (Wildman–Crippen MR) is 103 cm³/mol. The Morgan fingerprint density at radius 1 is 1.42 bits per heavy atom. The van der Waals surface area contributed by atoms with Crippen LogP contribution in [0.1, 0.15) is 42.6 Å². The molecule has 1 fully saturated rings. The number of likely N-dealkylation sites (tertiary alicyclic amines) is 1. The van der Waals surface area contributed by atoms with Crippen molar-refractivity contribution in [3.63, 3.8) is 0 Å². The van der Waals surface area contributed by atoms with Gasteiger partial charge in [-0.2, -0.15) is 0 Å². The second-order valence-electron chi connectivity index (χ2n) is 7.61. The molecule has 5 heteroatoms. The summed E-state index contributed by atoms with van der Waals surface area (Å²) in [4.78, 5) is 16.8. The summed E-state index contributed by atoms with van der Waals surface area (Å²) in [6, 6.07) is 7.23. The van der Waals surface area contributed by atoms with E-state index in [-0.39, 0.29) is 12.5 Å². The van der Waals surface area contributed by atoms with E-state index < -0.39 is 5.60 Å². The number of hydrogen-bond donors (Lipinski definition) is 2. The van der Waals surface area contributed by atoms with Gasteiger partial charge in [0, 0.05) is 37.8 Å². The molecular weight excluding hydrogens is 328 g/mol.